The summed E-state index contributed by atoms with van der Waals surface area (Å²) in [6, 6.07) is 13.8. The zero-order valence-electron chi connectivity index (χ0n) is 17.5. The molecule has 9 heteroatoms. The van der Waals surface area contributed by atoms with E-state index in [-0.39, 0.29) is 17.5 Å². The average molecular weight is 512 g/mol. The number of aromatic hydroxyl groups is 1. The first kappa shape index (κ1) is 20.1. The molecular weight excluding hydrogens is 490 g/mol. The molecule has 7 nitrogen and oxygen atoms in total. The standard InChI is InChI=1S/C23H22BrN5O2S/c1-13-25-23-29(26-13)22(31)21(32-23)20(15-5-7-17(24)8-6-15)27-10-14-9-16(12-27)18-3-2-4-19(30)28(18)11-14/h2-8,14,16,20,31H,9-12H2,1H3. The SMILES string of the molecule is Cc1nc2sc(C(c3ccc(Br)cc3)N3CC4CC(C3)c3cccc(=O)n3C4)c(O)n2n1. The zero-order valence-corrected chi connectivity index (χ0v) is 19.9. The van der Waals surface area contributed by atoms with Crippen LogP contribution in [0.15, 0.2) is 51.7 Å². The second-order valence-corrected chi connectivity index (χ2v) is 10.7. The number of benzene rings is 1. The van der Waals surface area contributed by atoms with Crippen molar-refractivity contribution in [2.24, 2.45) is 5.92 Å². The molecule has 1 saturated heterocycles. The van der Waals surface area contributed by atoms with Crippen LogP contribution in [0.5, 0.6) is 5.88 Å². The number of rotatable bonds is 3. The van der Waals surface area contributed by atoms with Gasteiger partial charge in [0.2, 0.25) is 10.8 Å². The Labute approximate surface area is 197 Å². The first-order valence-electron chi connectivity index (χ1n) is 10.7. The van der Waals surface area contributed by atoms with E-state index in [0.29, 0.717) is 22.6 Å². The first-order valence-corrected chi connectivity index (χ1v) is 12.3. The number of nitrogens with zero attached hydrogens (tertiary/aromatic N) is 5. The summed E-state index contributed by atoms with van der Waals surface area (Å²) in [7, 11) is 0. The molecule has 0 saturated carbocycles. The van der Waals surface area contributed by atoms with Crippen LogP contribution < -0.4 is 5.56 Å². The fourth-order valence-electron chi connectivity index (χ4n) is 5.34. The maximum absolute atomic E-state index is 12.4. The second-order valence-electron chi connectivity index (χ2n) is 8.75. The lowest BCUT2D eigenvalue weighted by Crippen LogP contribution is -2.48. The highest BCUT2D eigenvalue weighted by Crippen LogP contribution is 2.44. The van der Waals surface area contributed by atoms with E-state index in [1.165, 1.54) is 11.3 Å². The Kier molecular flexibility index (Phi) is 4.74. The lowest BCUT2D eigenvalue weighted by atomic mass is 9.82. The number of fused-ring (bicyclic) bond motifs is 5. The highest BCUT2D eigenvalue weighted by Gasteiger charge is 2.39. The summed E-state index contributed by atoms with van der Waals surface area (Å²) in [5, 5.41) is 15.5. The van der Waals surface area contributed by atoms with Crippen molar-refractivity contribution in [3.8, 4) is 5.88 Å². The number of likely N-dealkylation sites (tertiary alicyclic amines) is 1. The smallest absolute Gasteiger partial charge is 0.250 e. The molecule has 3 atom stereocenters. The first-order chi connectivity index (χ1) is 15.5. The molecule has 6 rings (SSSR count). The molecule has 2 aliphatic rings. The molecular formula is C23H22BrN5O2S. The van der Waals surface area contributed by atoms with E-state index in [0.717, 1.165) is 46.7 Å². The minimum Gasteiger partial charge on any atom is -0.492 e. The van der Waals surface area contributed by atoms with Crippen molar-refractivity contribution in [1.29, 1.82) is 0 Å². The van der Waals surface area contributed by atoms with E-state index in [1.807, 2.05) is 29.7 Å². The fraction of sp³-hybridized carbons (Fsp3) is 0.348. The van der Waals surface area contributed by atoms with Gasteiger partial charge in [-0.05, 0) is 43.0 Å². The highest BCUT2D eigenvalue weighted by atomic mass is 79.9. The van der Waals surface area contributed by atoms with Crippen molar-refractivity contribution < 1.29 is 5.11 Å². The predicted molar refractivity (Wildman–Crippen MR) is 126 cm³/mol. The van der Waals surface area contributed by atoms with Crippen molar-refractivity contribution in [1.82, 2.24) is 24.1 Å². The number of thiazole rings is 1. The molecule has 3 unspecified atom stereocenters. The molecule has 0 radical (unpaired) electrons. The molecule has 1 N–H and O–H groups in total. The monoisotopic (exact) mass is 511 g/mol. The van der Waals surface area contributed by atoms with E-state index in [2.05, 4.69) is 49.1 Å². The molecule has 32 heavy (non-hydrogen) atoms. The van der Waals surface area contributed by atoms with Crippen LogP contribution in [0.1, 0.15) is 40.3 Å². The second kappa shape index (κ2) is 7.54. The van der Waals surface area contributed by atoms with E-state index in [4.69, 9.17) is 0 Å². The van der Waals surface area contributed by atoms with Gasteiger partial charge in [0.15, 0.2) is 0 Å². The predicted octanol–water partition coefficient (Wildman–Crippen LogP) is 3.94. The third-order valence-electron chi connectivity index (χ3n) is 6.61. The lowest BCUT2D eigenvalue weighted by Gasteiger charge is -2.45. The molecule has 2 bridgehead atoms. The molecule has 1 fully saturated rings. The molecule has 2 aliphatic heterocycles. The fourth-order valence-corrected chi connectivity index (χ4v) is 6.77. The summed E-state index contributed by atoms with van der Waals surface area (Å²) >= 11 is 5.03. The van der Waals surface area contributed by atoms with Gasteiger partial charge in [-0.1, -0.05) is 45.5 Å². The van der Waals surface area contributed by atoms with Gasteiger partial charge in [-0.3, -0.25) is 9.69 Å². The number of hydrogen-bond acceptors (Lipinski definition) is 6. The molecule has 1 aromatic carbocycles. The minimum atomic E-state index is -0.107. The number of hydrogen-bond donors (Lipinski definition) is 1. The maximum atomic E-state index is 12.4. The Morgan fingerprint density at radius 3 is 2.75 bits per heavy atom. The molecule has 0 aliphatic carbocycles. The van der Waals surface area contributed by atoms with Gasteiger partial charge in [0.1, 0.15) is 5.82 Å². The Bertz CT molecular complexity index is 1380. The van der Waals surface area contributed by atoms with Gasteiger partial charge in [-0.25, -0.2) is 4.98 Å². The van der Waals surface area contributed by atoms with Crippen LogP contribution in [-0.2, 0) is 6.54 Å². The Morgan fingerprint density at radius 1 is 1.16 bits per heavy atom. The number of pyridine rings is 1. The summed E-state index contributed by atoms with van der Waals surface area (Å²) in [5.41, 5.74) is 2.33. The van der Waals surface area contributed by atoms with Gasteiger partial charge in [-0.2, -0.15) is 4.52 Å². The lowest BCUT2D eigenvalue weighted by molar-refractivity contribution is 0.0952. The summed E-state index contributed by atoms with van der Waals surface area (Å²) in [6.07, 6.45) is 1.09. The van der Waals surface area contributed by atoms with Gasteiger partial charge >= 0.3 is 0 Å². The summed E-state index contributed by atoms with van der Waals surface area (Å²) < 4.78 is 4.51. The number of halogens is 1. The number of aryl methyl sites for hydroxylation is 1. The van der Waals surface area contributed by atoms with Gasteiger partial charge in [-0.15, -0.1) is 5.10 Å². The van der Waals surface area contributed by atoms with E-state index >= 15 is 0 Å². The topological polar surface area (TPSA) is 75.7 Å². The average Bonchev–Trinajstić information content (AvgIpc) is 3.28. The number of aromatic nitrogens is 4. The van der Waals surface area contributed by atoms with Crippen molar-refractivity contribution in [2.75, 3.05) is 13.1 Å². The van der Waals surface area contributed by atoms with Crippen LogP contribution in [-0.4, -0.2) is 42.3 Å². The zero-order chi connectivity index (χ0) is 22.0. The normalized spacial score (nSPS) is 21.6. The van der Waals surface area contributed by atoms with Crippen LogP contribution in [0.25, 0.3) is 4.96 Å². The summed E-state index contributed by atoms with van der Waals surface area (Å²) in [4.78, 5) is 20.9. The Hall–Kier alpha value is -2.49. The molecule has 4 aromatic rings. The largest absolute Gasteiger partial charge is 0.492 e. The van der Waals surface area contributed by atoms with Crippen LogP contribution in [0, 0.1) is 12.8 Å². The maximum Gasteiger partial charge on any atom is 0.250 e. The molecule has 5 heterocycles. The van der Waals surface area contributed by atoms with Crippen LogP contribution >= 0.6 is 27.3 Å². The summed E-state index contributed by atoms with van der Waals surface area (Å²) in [6.45, 7) is 4.27. The third kappa shape index (κ3) is 3.22. The summed E-state index contributed by atoms with van der Waals surface area (Å²) in [5.74, 6) is 1.49. The van der Waals surface area contributed by atoms with Gasteiger partial charge < -0.3 is 9.67 Å². The highest BCUT2D eigenvalue weighted by molar-refractivity contribution is 9.10. The Balaban J connectivity index is 1.45. The molecule has 0 spiro atoms. The third-order valence-corrected chi connectivity index (χ3v) is 8.21. The van der Waals surface area contributed by atoms with Gasteiger partial charge in [0.25, 0.3) is 5.56 Å². The molecule has 0 amide bonds. The van der Waals surface area contributed by atoms with Crippen molar-refractivity contribution in [3.05, 3.63) is 79.3 Å². The quantitative estimate of drug-likeness (QED) is 0.450. The van der Waals surface area contributed by atoms with E-state index < -0.39 is 0 Å². The van der Waals surface area contributed by atoms with Crippen LogP contribution in [0.3, 0.4) is 0 Å². The van der Waals surface area contributed by atoms with E-state index in [9.17, 15) is 9.90 Å². The van der Waals surface area contributed by atoms with Crippen molar-refractivity contribution in [2.45, 2.75) is 31.8 Å². The van der Waals surface area contributed by atoms with Crippen LogP contribution in [0.4, 0.5) is 0 Å². The molecule has 3 aromatic heterocycles. The van der Waals surface area contributed by atoms with Crippen molar-refractivity contribution in [3.63, 3.8) is 0 Å². The molecule has 164 valence electrons. The van der Waals surface area contributed by atoms with Crippen molar-refractivity contribution >= 4 is 32.2 Å². The van der Waals surface area contributed by atoms with Gasteiger partial charge in [0.05, 0.1) is 10.9 Å². The number of piperidine rings is 1. The van der Waals surface area contributed by atoms with Gasteiger partial charge in [0, 0.05) is 41.8 Å². The Morgan fingerprint density at radius 2 is 1.97 bits per heavy atom. The minimum absolute atomic E-state index is 0.0914. The van der Waals surface area contributed by atoms with Crippen LogP contribution in [0.2, 0.25) is 0 Å². The van der Waals surface area contributed by atoms with E-state index in [1.54, 1.807) is 10.6 Å².